The summed E-state index contributed by atoms with van der Waals surface area (Å²) in [6.07, 6.45) is 4.96. The highest BCUT2D eigenvalue weighted by atomic mass is 16.6. The number of ether oxygens (including phenoxy) is 2. The van der Waals surface area contributed by atoms with Crippen molar-refractivity contribution in [2.45, 2.75) is 51.8 Å². The summed E-state index contributed by atoms with van der Waals surface area (Å²) in [4.78, 5) is 18.0. The van der Waals surface area contributed by atoms with Crippen LogP contribution in [-0.4, -0.2) is 40.8 Å². The molecule has 22 heavy (non-hydrogen) atoms. The van der Waals surface area contributed by atoms with Crippen LogP contribution in [0.4, 0.5) is 4.79 Å². The van der Waals surface area contributed by atoms with Gasteiger partial charge in [-0.25, -0.2) is 4.79 Å². The van der Waals surface area contributed by atoms with E-state index >= 15 is 0 Å². The summed E-state index contributed by atoms with van der Waals surface area (Å²) in [7, 11) is 0. The molecule has 1 aromatic heterocycles. The van der Waals surface area contributed by atoms with Crippen LogP contribution in [0.5, 0.6) is 5.75 Å². The number of carbonyl (C=O) groups is 1. The molecule has 0 radical (unpaired) electrons. The van der Waals surface area contributed by atoms with Gasteiger partial charge in [0.15, 0.2) is 0 Å². The fourth-order valence-corrected chi connectivity index (χ4v) is 2.46. The molecule has 0 aliphatic carbocycles. The van der Waals surface area contributed by atoms with Gasteiger partial charge in [-0.15, -0.1) is 0 Å². The van der Waals surface area contributed by atoms with Gasteiger partial charge in [-0.2, -0.15) is 0 Å². The monoisotopic (exact) mass is 307 g/mol. The first-order valence-electron chi connectivity index (χ1n) is 7.66. The Kier molecular flexibility index (Phi) is 5.24. The van der Waals surface area contributed by atoms with E-state index in [-0.39, 0.29) is 12.1 Å². The molecule has 0 spiro atoms. The fraction of sp³-hybridized carbons (Fsp3) is 0.625. The summed E-state index contributed by atoms with van der Waals surface area (Å²) in [6.45, 7) is 7.15. The zero-order valence-corrected chi connectivity index (χ0v) is 13.5. The number of hydrogen-bond acceptors (Lipinski definition) is 5. The predicted molar refractivity (Wildman–Crippen MR) is 83.6 cm³/mol. The molecule has 0 unspecified atom stereocenters. The van der Waals surface area contributed by atoms with Crippen molar-refractivity contribution in [2.75, 3.05) is 13.2 Å². The van der Waals surface area contributed by atoms with Crippen LogP contribution >= 0.6 is 0 Å². The van der Waals surface area contributed by atoms with E-state index in [9.17, 15) is 4.79 Å². The van der Waals surface area contributed by atoms with Crippen LogP contribution in [0.25, 0.3) is 0 Å². The van der Waals surface area contributed by atoms with Gasteiger partial charge in [-0.05, 0) is 39.7 Å². The van der Waals surface area contributed by atoms with E-state index in [1.807, 2.05) is 26.8 Å². The summed E-state index contributed by atoms with van der Waals surface area (Å²) in [5.74, 6) is 0.682. The van der Waals surface area contributed by atoms with E-state index in [0.29, 0.717) is 25.4 Å². The summed E-state index contributed by atoms with van der Waals surface area (Å²) >= 11 is 0. The minimum atomic E-state index is -0.485. The molecule has 6 heteroatoms. The number of likely N-dealkylation sites (tertiary alicyclic amines) is 1. The smallest absolute Gasteiger partial charge is 0.410 e. The minimum Gasteiger partial charge on any atom is -0.489 e. The third kappa shape index (κ3) is 4.34. The Morgan fingerprint density at radius 3 is 2.95 bits per heavy atom. The summed E-state index contributed by atoms with van der Waals surface area (Å²) in [5, 5.41) is 0. The quantitative estimate of drug-likeness (QED) is 0.923. The Morgan fingerprint density at radius 1 is 1.50 bits per heavy atom. The van der Waals surface area contributed by atoms with E-state index in [2.05, 4.69) is 4.98 Å². The van der Waals surface area contributed by atoms with Crippen molar-refractivity contribution in [1.29, 1.82) is 0 Å². The first-order chi connectivity index (χ1) is 10.4. The molecule has 1 saturated heterocycles. The molecule has 2 heterocycles. The second-order valence-corrected chi connectivity index (χ2v) is 6.47. The fourth-order valence-electron chi connectivity index (χ4n) is 2.46. The number of amides is 1. The molecular weight excluding hydrogens is 282 g/mol. The van der Waals surface area contributed by atoms with Crippen LogP contribution in [0, 0.1) is 0 Å². The third-order valence-electron chi connectivity index (χ3n) is 3.53. The van der Waals surface area contributed by atoms with Gasteiger partial charge in [-0.1, -0.05) is 0 Å². The minimum absolute atomic E-state index is 0.0284. The number of hydrogen-bond donors (Lipinski definition) is 1. The Bertz CT molecular complexity index is 514. The lowest BCUT2D eigenvalue weighted by molar-refractivity contribution is 0.0187. The number of nitrogens with two attached hydrogens (primary N) is 1. The molecule has 2 N–H and O–H groups in total. The molecule has 0 aromatic carbocycles. The molecule has 0 bridgehead atoms. The van der Waals surface area contributed by atoms with Gasteiger partial charge in [0.25, 0.3) is 0 Å². The van der Waals surface area contributed by atoms with Crippen LogP contribution in [0.2, 0.25) is 0 Å². The maximum Gasteiger partial charge on any atom is 0.410 e. The lowest BCUT2D eigenvalue weighted by atomic mass is 10.2. The first-order valence-corrected chi connectivity index (χ1v) is 7.66. The maximum absolute atomic E-state index is 12.2. The average Bonchev–Trinajstić information content (AvgIpc) is 2.92. The SMILES string of the molecule is CC(C)(C)OC(=O)N1CCC[C@@H]1COc1cnccc1CN. The van der Waals surface area contributed by atoms with Crippen molar-refractivity contribution in [3.05, 3.63) is 24.0 Å². The molecule has 1 aliphatic heterocycles. The standard InChI is InChI=1S/C16H25N3O3/c1-16(2,3)22-15(20)19-8-4-5-13(19)11-21-14-10-18-7-6-12(14)9-17/h6-7,10,13H,4-5,8-9,11,17H2,1-3H3/t13-/m1/s1. The van der Waals surface area contributed by atoms with Crippen LogP contribution < -0.4 is 10.5 Å². The number of pyridine rings is 1. The normalized spacial score (nSPS) is 18.4. The van der Waals surface area contributed by atoms with Gasteiger partial charge in [0.05, 0.1) is 12.2 Å². The van der Waals surface area contributed by atoms with Crippen LogP contribution in [0.3, 0.4) is 0 Å². The molecule has 1 aromatic rings. The number of aromatic nitrogens is 1. The Balaban J connectivity index is 1.95. The lowest BCUT2D eigenvalue weighted by Gasteiger charge is -2.28. The zero-order chi connectivity index (χ0) is 16.2. The Morgan fingerprint density at radius 2 is 2.27 bits per heavy atom. The van der Waals surface area contributed by atoms with E-state index in [1.165, 1.54) is 0 Å². The van der Waals surface area contributed by atoms with Crippen LogP contribution in [-0.2, 0) is 11.3 Å². The molecule has 1 aliphatic rings. The molecule has 2 rings (SSSR count). The van der Waals surface area contributed by atoms with Gasteiger partial charge in [0.2, 0.25) is 0 Å². The number of rotatable bonds is 4. The van der Waals surface area contributed by atoms with Gasteiger partial charge in [0.1, 0.15) is 18.0 Å². The van der Waals surface area contributed by atoms with E-state index in [0.717, 1.165) is 18.4 Å². The molecular formula is C16H25N3O3. The predicted octanol–water partition coefficient (Wildman–Crippen LogP) is 2.32. The Hall–Kier alpha value is -1.82. The molecule has 0 saturated carbocycles. The van der Waals surface area contributed by atoms with Crippen molar-refractivity contribution in [3.63, 3.8) is 0 Å². The van der Waals surface area contributed by atoms with Gasteiger partial charge >= 0.3 is 6.09 Å². The summed E-state index contributed by atoms with van der Waals surface area (Å²) in [6, 6.07) is 1.87. The van der Waals surface area contributed by atoms with Crippen molar-refractivity contribution >= 4 is 6.09 Å². The topological polar surface area (TPSA) is 77.7 Å². The maximum atomic E-state index is 12.2. The summed E-state index contributed by atoms with van der Waals surface area (Å²) in [5.41, 5.74) is 6.12. The molecule has 1 atom stereocenters. The highest BCUT2D eigenvalue weighted by molar-refractivity contribution is 5.69. The van der Waals surface area contributed by atoms with Gasteiger partial charge < -0.3 is 20.1 Å². The highest BCUT2D eigenvalue weighted by Gasteiger charge is 2.32. The van der Waals surface area contributed by atoms with Crippen LogP contribution in [0.15, 0.2) is 18.5 Å². The van der Waals surface area contributed by atoms with E-state index < -0.39 is 5.60 Å². The van der Waals surface area contributed by atoms with Crippen molar-refractivity contribution < 1.29 is 14.3 Å². The number of nitrogens with zero attached hydrogens (tertiary/aromatic N) is 2. The first kappa shape index (κ1) is 16.5. The average molecular weight is 307 g/mol. The molecule has 122 valence electrons. The molecule has 1 amide bonds. The van der Waals surface area contributed by atoms with Gasteiger partial charge in [0, 0.05) is 24.8 Å². The number of carbonyl (C=O) groups excluding carboxylic acids is 1. The van der Waals surface area contributed by atoms with Crippen molar-refractivity contribution in [2.24, 2.45) is 5.73 Å². The molecule has 6 nitrogen and oxygen atoms in total. The summed E-state index contributed by atoms with van der Waals surface area (Å²) < 4.78 is 11.3. The molecule has 1 fully saturated rings. The van der Waals surface area contributed by atoms with E-state index in [4.69, 9.17) is 15.2 Å². The second-order valence-electron chi connectivity index (χ2n) is 6.47. The largest absolute Gasteiger partial charge is 0.489 e. The van der Waals surface area contributed by atoms with Crippen molar-refractivity contribution in [3.8, 4) is 5.75 Å². The van der Waals surface area contributed by atoms with Crippen molar-refractivity contribution in [1.82, 2.24) is 9.88 Å². The third-order valence-corrected chi connectivity index (χ3v) is 3.53. The zero-order valence-electron chi connectivity index (χ0n) is 13.5. The second kappa shape index (κ2) is 6.96. The Labute approximate surface area is 131 Å². The van der Waals surface area contributed by atoms with Gasteiger partial charge in [-0.3, -0.25) is 4.98 Å². The van der Waals surface area contributed by atoms with E-state index in [1.54, 1.807) is 17.3 Å². The lowest BCUT2D eigenvalue weighted by Crippen LogP contribution is -2.42. The van der Waals surface area contributed by atoms with Crippen LogP contribution in [0.1, 0.15) is 39.2 Å². The highest BCUT2D eigenvalue weighted by Crippen LogP contribution is 2.23.